The van der Waals surface area contributed by atoms with E-state index in [0.29, 0.717) is 11.4 Å². The van der Waals surface area contributed by atoms with Crippen LogP contribution >= 0.6 is 35.3 Å². The Kier molecular flexibility index (Phi) is 5.82. The maximum Gasteiger partial charge on any atom is 0.250 e. The lowest BCUT2D eigenvalue weighted by Crippen LogP contribution is -2.39. The number of thioether (sulfide) groups is 1. The Morgan fingerprint density at radius 2 is 2.10 bits per heavy atom. The van der Waals surface area contributed by atoms with E-state index in [9.17, 15) is 8.42 Å². The Hall–Kier alpha value is -0.190. The van der Waals surface area contributed by atoms with Crippen LogP contribution in [0.2, 0.25) is 0 Å². The molecule has 2 heterocycles. The smallest absolute Gasteiger partial charge is 0.250 e. The van der Waals surface area contributed by atoms with Gasteiger partial charge in [-0.25, -0.2) is 13.1 Å². The molecular formula is C11H17N3O2S4. The number of rotatable bonds is 6. The van der Waals surface area contributed by atoms with Crippen molar-refractivity contribution in [2.45, 2.75) is 4.21 Å². The van der Waals surface area contributed by atoms with Gasteiger partial charge in [0.05, 0.1) is 4.88 Å². The van der Waals surface area contributed by atoms with Crippen molar-refractivity contribution in [2.24, 2.45) is 5.73 Å². The van der Waals surface area contributed by atoms with Crippen LogP contribution < -0.4 is 10.5 Å². The number of thiocarbonyl (C=S) groups is 1. The van der Waals surface area contributed by atoms with Crippen LogP contribution in [-0.4, -0.2) is 56.0 Å². The highest BCUT2D eigenvalue weighted by molar-refractivity contribution is 7.99. The normalized spacial score (nSPS) is 17.2. The van der Waals surface area contributed by atoms with E-state index in [1.807, 2.05) is 11.8 Å². The van der Waals surface area contributed by atoms with Crippen molar-refractivity contribution in [2.75, 3.05) is 37.7 Å². The second-order valence-electron chi connectivity index (χ2n) is 4.33. The number of nitrogens with zero attached hydrogens (tertiary/aromatic N) is 1. The summed E-state index contributed by atoms with van der Waals surface area (Å²) in [5, 5.41) is 0. The molecule has 1 fully saturated rings. The zero-order valence-corrected chi connectivity index (χ0v) is 14.1. The van der Waals surface area contributed by atoms with E-state index in [1.165, 1.54) is 0 Å². The molecule has 0 saturated carbocycles. The molecule has 0 radical (unpaired) electrons. The largest absolute Gasteiger partial charge is 0.389 e. The number of sulfonamides is 1. The first-order valence-corrected chi connectivity index (χ1v) is 10.0. The second kappa shape index (κ2) is 7.19. The third-order valence-corrected chi connectivity index (χ3v) is 7.28. The molecule has 1 aliphatic rings. The Balaban J connectivity index is 1.88. The van der Waals surface area contributed by atoms with Crippen molar-refractivity contribution in [3.05, 3.63) is 17.0 Å². The van der Waals surface area contributed by atoms with Crippen LogP contribution in [0.4, 0.5) is 0 Å². The highest BCUT2D eigenvalue weighted by Gasteiger charge is 2.18. The van der Waals surface area contributed by atoms with Crippen LogP contribution in [0.25, 0.3) is 0 Å². The van der Waals surface area contributed by atoms with Crippen LogP contribution in [0.3, 0.4) is 0 Å². The summed E-state index contributed by atoms with van der Waals surface area (Å²) in [5.41, 5.74) is 5.49. The van der Waals surface area contributed by atoms with E-state index in [-0.39, 0.29) is 9.20 Å². The minimum atomic E-state index is -3.45. The molecule has 1 aromatic rings. The molecule has 5 nitrogen and oxygen atoms in total. The lowest BCUT2D eigenvalue weighted by Gasteiger charge is -2.25. The Morgan fingerprint density at radius 1 is 1.40 bits per heavy atom. The number of nitrogens with two attached hydrogens (primary N) is 1. The average Bonchev–Trinajstić information content (AvgIpc) is 2.90. The molecule has 0 spiro atoms. The van der Waals surface area contributed by atoms with Crippen LogP contribution in [-0.2, 0) is 10.0 Å². The molecule has 2 rings (SSSR count). The fraction of sp³-hybridized carbons (Fsp3) is 0.545. The summed E-state index contributed by atoms with van der Waals surface area (Å²) in [5.74, 6) is 2.24. The predicted molar refractivity (Wildman–Crippen MR) is 89.2 cm³/mol. The van der Waals surface area contributed by atoms with Gasteiger partial charge in [0, 0.05) is 37.7 Å². The van der Waals surface area contributed by atoms with Crippen molar-refractivity contribution in [1.82, 2.24) is 9.62 Å². The van der Waals surface area contributed by atoms with Gasteiger partial charge in [0.2, 0.25) is 10.0 Å². The van der Waals surface area contributed by atoms with Crippen molar-refractivity contribution in [3.8, 4) is 0 Å². The molecule has 0 bridgehead atoms. The van der Waals surface area contributed by atoms with E-state index >= 15 is 0 Å². The molecule has 0 aromatic carbocycles. The summed E-state index contributed by atoms with van der Waals surface area (Å²) >= 11 is 7.87. The van der Waals surface area contributed by atoms with Gasteiger partial charge in [-0.15, -0.1) is 11.3 Å². The summed E-state index contributed by atoms with van der Waals surface area (Å²) in [6.45, 7) is 3.22. The molecule has 1 aliphatic heterocycles. The van der Waals surface area contributed by atoms with Crippen LogP contribution in [0.1, 0.15) is 4.88 Å². The van der Waals surface area contributed by atoms with Crippen molar-refractivity contribution in [1.29, 1.82) is 0 Å². The Labute approximate surface area is 133 Å². The van der Waals surface area contributed by atoms with Gasteiger partial charge in [-0.1, -0.05) is 12.2 Å². The Morgan fingerprint density at radius 3 is 2.70 bits per heavy atom. The highest BCUT2D eigenvalue weighted by atomic mass is 32.2. The lowest BCUT2D eigenvalue weighted by atomic mass is 10.5. The van der Waals surface area contributed by atoms with Gasteiger partial charge in [-0.2, -0.15) is 11.8 Å². The number of thiophene rings is 1. The first-order chi connectivity index (χ1) is 9.49. The van der Waals surface area contributed by atoms with Crippen molar-refractivity contribution < 1.29 is 8.42 Å². The molecule has 0 amide bonds. The average molecular weight is 352 g/mol. The van der Waals surface area contributed by atoms with Gasteiger partial charge >= 0.3 is 0 Å². The molecular weight excluding hydrogens is 334 g/mol. The number of hydrogen-bond donors (Lipinski definition) is 2. The Bertz CT molecular complexity index is 564. The number of hydrogen-bond acceptors (Lipinski definition) is 6. The topological polar surface area (TPSA) is 75.4 Å². The van der Waals surface area contributed by atoms with Gasteiger partial charge in [0.1, 0.15) is 9.20 Å². The summed E-state index contributed by atoms with van der Waals surface area (Å²) in [4.78, 5) is 3.11. The van der Waals surface area contributed by atoms with Crippen LogP contribution in [0.5, 0.6) is 0 Å². The van der Waals surface area contributed by atoms with Gasteiger partial charge in [-0.05, 0) is 12.1 Å². The van der Waals surface area contributed by atoms with Crippen LogP contribution in [0.15, 0.2) is 16.3 Å². The van der Waals surface area contributed by atoms with E-state index in [0.717, 1.165) is 42.5 Å². The SMILES string of the molecule is NC(=S)c1ccc(S(=O)(=O)NCCN2CCSCC2)s1. The van der Waals surface area contributed by atoms with Gasteiger partial charge in [0.15, 0.2) is 0 Å². The molecule has 9 heteroatoms. The predicted octanol–water partition coefficient (Wildman–Crippen LogP) is 0.709. The van der Waals surface area contributed by atoms with Gasteiger partial charge in [0.25, 0.3) is 0 Å². The lowest BCUT2D eigenvalue weighted by molar-refractivity contribution is 0.307. The maximum atomic E-state index is 12.1. The summed E-state index contributed by atoms with van der Waals surface area (Å²) in [6.07, 6.45) is 0. The zero-order chi connectivity index (χ0) is 14.6. The second-order valence-corrected chi connectivity index (χ2v) is 9.08. The van der Waals surface area contributed by atoms with E-state index in [2.05, 4.69) is 9.62 Å². The first-order valence-electron chi connectivity index (χ1n) is 6.18. The number of nitrogens with one attached hydrogen (secondary N) is 1. The third-order valence-electron chi connectivity index (χ3n) is 2.91. The molecule has 0 atom stereocenters. The fourth-order valence-corrected chi connectivity index (χ4v) is 5.23. The molecule has 3 N–H and O–H groups in total. The summed E-state index contributed by atoms with van der Waals surface area (Å²) in [7, 11) is -3.45. The molecule has 20 heavy (non-hydrogen) atoms. The monoisotopic (exact) mass is 351 g/mol. The van der Waals surface area contributed by atoms with Crippen molar-refractivity contribution >= 4 is 50.3 Å². The van der Waals surface area contributed by atoms with Crippen LogP contribution in [0, 0.1) is 0 Å². The summed E-state index contributed by atoms with van der Waals surface area (Å²) in [6, 6.07) is 3.18. The van der Waals surface area contributed by atoms with E-state index in [1.54, 1.807) is 12.1 Å². The maximum absolute atomic E-state index is 12.1. The zero-order valence-electron chi connectivity index (χ0n) is 10.9. The standard InChI is InChI=1S/C11H17N3O2S4/c12-11(17)9-1-2-10(19-9)20(15,16)13-3-4-14-5-7-18-8-6-14/h1-2,13H,3-8H2,(H2,12,17). The minimum absolute atomic E-state index is 0.224. The van der Waals surface area contributed by atoms with Crippen molar-refractivity contribution in [3.63, 3.8) is 0 Å². The molecule has 1 aromatic heterocycles. The van der Waals surface area contributed by atoms with E-state index < -0.39 is 10.0 Å². The van der Waals surface area contributed by atoms with E-state index in [4.69, 9.17) is 18.0 Å². The molecule has 1 saturated heterocycles. The molecule has 0 unspecified atom stereocenters. The fourth-order valence-electron chi connectivity index (χ4n) is 1.83. The quantitative estimate of drug-likeness (QED) is 0.735. The summed E-state index contributed by atoms with van der Waals surface area (Å²) < 4.78 is 27.1. The minimum Gasteiger partial charge on any atom is -0.389 e. The van der Waals surface area contributed by atoms with Gasteiger partial charge < -0.3 is 10.6 Å². The first kappa shape index (κ1) is 16.2. The third kappa shape index (κ3) is 4.40. The highest BCUT2D eigenvalue weighted by Crippen LogP contribution is 2.21. The molecule has 112 valence electrons. The van der Waals surface area contributed by atoms with Gasteiger partial charge in [-0.3, -0.25) is 0 Å². The molecule has 0 aliphatic carbocycles.